The van der Waals surface area contributed by atoms with E-state index in [1.54, 1.807) is 6.07 Å². The zero-order chi connectivity index (χ0) is 12.2. The van der Waals surface area contributed by atoms with Gasteiger partial charge in [-0.2, -0.15) is 5.26 Å². The number of aromatic carboxylic acids is 1. The maximum Gasteiger partial charge on any atom is 0.347 e. The zero-order valence-electron chi connectivity index (χ0n) is 8.00. The molecule has 0 aliphatic carbocycles. The van der Waals surface area contributed by atoms with Gasteiger partial charge in [0.05, 0.1) is 6.07 Å². The number of hydrogen-bond acceptors (Lipinski definition) is 5. The Morgan fingerprint density at radius 2 is 2.31 bits per heavy atom. The number of carbonyl (C=O) groups is 1. The fourth-order valence-electron chi connectivity index (χ4n) is 0.984. The third kappa shape index (κ3) is 2.79. The van der Waals surface area contributed by atoms with Crippen molar-refractivity contribution in [2.24, 2.45) is 0 Å². The number of nitrogens with one attached hydrogen (secondary N) is 1. The van der Waals surface area contributed by atoms with Gasteiger partial charge in [-0.15, -0.1) is 11.3 Å². The van der Waals surface area contributed by atoms with Gasteiger partial charge in [-0.1, -0.05) is 0 Å². The maximum atomic E-state index is 11.6. The molecule has 86 valence electrons. The molecule has 0 unspecified atom stereocenters. The van der Waals surface area contributed by atoms with Gasteiger partial charge in [-0.3, -0.25) is 0 Å². The summed E-state index contributed by atoms with van der Waals surface area (Å²) in [4.78, 5) is 10.2. The molecule has 0 saturated heterocycles. The van der Waals surface area contributed by atoms with Crippen molar-refractivity contribution in [1.29, 1.82) is 5.26 Å². The van der Waals surface area contributed by atoms with Crippen molar-refractivity contribution in [3.05, 3.63) is 16.3 Å². The minimum absolute atomic E-state index is 0.0335. The molecule has 0 aromatic carbocycles. The van der Waals surface area contributed by atoms with E-state index in [4.69, 9.17) is 10.4 Å². The first-order chi connectivity index (χ1) is 7.49. The second-order valence-electron chi connectivity index (χ2n) is 2.73. The zero-order valence-corrected chi connectivity index (χ0v) is 9.64. The molecule has 0 bridgehead atoms. The first-order valence-electron chi connectivity index (χ1n) is 4.16. The quantitative estimate of drug-likeness (QED) is 0.755. The molecule has 1 heterocycles. The number of carboxylic acid groups (broad SMARTS) is 1. The average molecular weight is 260 g/mol. The second kappa shape index (κ2) is 5.07. The van der Waals surface area contributed by atoms with Gasteiger partial charge in [0.15, 0.2) is 0 Å². The number of thiophene rings is 1. The Hall–Kier alpha value is -1.43. The molecule has 0 fully saturated rings. The molecular formula is C8H8N2O4S2. The number of nitriles is 1. The highest BCUT2D eigenvalue weighted by molar-refractivity contribution is 7.89. The molecule has 1 aromatic rings. The Morgan fingerprint density at radius 1 is 1.62 bits per heavy atom. The van der Waals surface area contributed by atoms with E-state index in [0.29, 0.717) is 0 Å². The molecule has 2 N–H and O–H groups in total. The van der Waals surface area contributed by atoms with E-state index in [2.05, 4.69) is 4.72 Å². The number of sulfonamides is 1. The van der Waals surface area contributed by atoms with Gasteiger partial charge >= 0.3 is 5.97 Å². The third-order valence-electron chi connectivity index (χ3n) is 1.64. The van der Waals surface area contributed by atoms with Crippen LogP contribution in [0.3, 0.4) is 0 Å². The summed E-state index contributed by atoms with van der Waals surface area (Å²) < 4.78 is 25.4. The van der Waals surface area contributed by atoms with E-state index in [-0.39, 0.29) is 22.7 Å². The van der Waals surface area contributed by atoms with E-state index in [9.17, 15) is 13.2 Å². The Balaban J connectivity index is 2.95. The summed E-state index contributed by atoms with van der Waals surface area (Å²) >= 11 is 0.840. The minimum Gasteiger partial charge on any atom is -0.477 e. The largest absolute Gasteiger partial charge is 0.477 e. The van der Waals surface area contributed by atoms with Crippen LogP contribution in [0.2, 0.25) is 0 Å². The molecule has 0 spiro atoms. The van der Waals surface area contributed by atoms with Gasteiger partial charge < -0.3 is 5.11 Å². The van der Waals surface area contributed by atoms with Gasteiger partial charge in [0.1, 0.15) is 9.77 Å². The minimum atomic E-state index is -3.84. The van der Waals surface area contributed by atoms with Crippen LogP contribution in [0.1, 0.15) is 16.1 Å². The molecule has 6 nitrogen and oxygen atoms in total. The van der Waals surface area contributed by atoms with Crippen LogP contribution in [-0.4, -0.2) is 26.0 Å². The van der Waals surface area contributed by atoms with Crippen LogP contribution < -0.4 is 4.72 Å². The van der Waals surface area contributed by atoms with Crippen molar-refractivity contribution in [1.82, 2.24) is 4.72 Å². The summed E-state index contributed by atoms with van der Waals surface area (Å²) in [6.07, 6.45) is 0.0335. The first kappa shape index (κ1) is 12.6. The fourth-order valence-corrected chi connectivity index (χ4v) is 3.27. The number of carboxylic acids is 1. The summed E-state index contributed by atoms with van der Waals surface area (Å²) in [5.41, 5.74) is 0. The van der Waals surface area contributed by atoms with Gasteiger partial charge in [-0.05, 0) is 11.4 Å². The number of nitrogens with zero attached hydrogens (tertiary/aromatic N) is 1. The lowest BCUT2D eigenvalue weighted by molar-refractivity contribution is 0.0698. The topological polar surface area (TPSA) is 107 Å². The molecule has 8 heteroatoms. The number of rotatable bonds is 5. The van der Waals surface area contributed by atoms with Crippen LogP contribution in [0.4, 0.5) is 0 Å². The van der Waals surface area contributed by atoms with E-state index >= 15 is 0 Å². The average Bonchev–Trinajstić information content (AvgIpc) is 2.66. The highest BCUT2D eigenvalue weighted by Crippen LogP contribution is 2.21. The summed E-state index contributed by atoms with van der Waals surface area (Å²) in [6.45, 7) is -0.0340. The number of hydrogen-bond donors (Lipinski definition) is 2. The summed E-state index contributed by atoms with van der Waals surface area (Å²) in [6, 6.07) is 3.01. The highest BCUT2D eigenvalue weighted by atomic mass is 32.2. The van der Waals surface area contributed by atoms with Gasteiger partial charge in [-0.25, -0.2) is 17.9 Å². The Bertz CT molecular complexity index is 526. The Kier molecular flexibility index (Phi) is 4.00. The molecule has 0 radical (unpaired) electrons. The van der Waals surface area contributed by atoms with Crippen molar-refractivity contribution >= 4 is 27.3 Å². The van der Waals surface area contributed by atoms with Crippen LogP contribution in [0, 0.1) is 11.3 Å². The van der Waals surface area contributed by atoms with E-state index in [1.807, 2.05) is 0 Å². The van der Waals surface area contributed by atoms with Crippen LogP contribution in [0.5, 0.6) is 0 Å². The van der Waals surface area contributed by atoms with Crippen molar-refractivity contribution in [3.8, 4) is 6.07 Å². The third-order valence-corrected chi connectivity index (χ3v) is 4.18. The van der Waals surface area contributed by atoms with Crippen molar-refractivity contribution in [2.45, 2.75) is 11.3 Å². The smallest absolute Gasteiger partial charge is 0.347 e. The lowest BCUT2D eigenvalue weighted by Gasteiger charge is -2.03. The van der Waals surface area contributed by atoms with Crippen molar-refractivity contribution < 1.29 is 18.3 Å². The van der Waals surface area contributed by atoms with E-state index in [0.717, 1.165) is 11.3 Å². The SMILES string of the molecule is N#CCCNS(=O)(=O)c1ccsc1C(=O)O. The maximum absolute atomic E-state index is 11.6. The molecule has 16 heavy (non-hydrogen) atoms. The predicted molar refractivity (Wildman–Crippen MR) is 56.7 cm³/mol. The monoisotopic (exact) mass is 260 g/mol. The molecule has 0 aliphatic heterocycles. The second-order valence-corrected chi connectivity index (χ2v) is 5.38. The predicted octanol–water partition coefficient (Wildman–Crippen LogP) is 0.638. The first-order valence-corrected chi connectivity index (χ1v) is 6.52. The molecule has 0 aliphatic rings. The summed E-state index contributed by atoms with van der Waals surface area (Å²) in [7, 11) is -3.84. The van der Waals surface area contributed by atoms with E-state index in [1.165, 1.54) is 11.4 Å². The Morgan fingerprint density at radius 3 is 2.88 bits per heavy atom. The van der Waals surface area contributed by atoms with Gasteiger partial charge in [0.2, 0.25) is 10.0 Å². The van der Waals surface area contributed by atoms with E-state index < -0.39 is 16.0 Å². The molecule has 1 aromatic heterocycles. The molecular weight excluding hydrogens is 252 g/mol. The standard InChI is InChI=1S/C8H8N2O4S2/c9-3-1-4-10-16(13,14)6-2-5-15-7(6)8(11)12/h2,5,10H,1,4H2,(H,11,12). The van der Waals surface area contributed by atoms with Gasteiger partial charge in [0.25, 0.3) is 0 Å². The van der Waals surface area contributed by atoms with Crippen molar-refractivity contribution in [3.63, 3.8) is 0 Å². The molecule has 1 rings (SSSR count). The molecule has 0 amide bonds. The lowest BCUT2D eigenvalue weighted by atomic mass is 10.5. The van der Waals surface area contributed by atoms with Crippen LogP contribution in [-0.2, 0) is 10.0 Å². The van der Waals surface area contributed by atoms with Crippen LogP contribution >= 0.6 is 11.3 Å². The Labute approximate surface area is 96.2 Å². The van der Waals surface area contributed by atoms with Crippen LogP contribution in [0.15, 0.2) is 16.3 Å². The van der Waals surface area contributed by atoms with Crippen molar-refractivity contribution in [2.75, 3.05) is 6.54 Å². The lowest BCUT2D eigenvalue weighted by Crippen LogP contribution is -2.25. The highest BCUT2D eigenvalue weighted by Gasteiger charge is 2.22. The summed E-state index contributed by atoms with van der Waals surface area (Å²) in [5, 5.41) is 18.4. The molecule has 0 saturated carbocycles. The summed E-state index contributed by atoms with van der Waals surface area (Å²) in [5.74, 6) is -1.28. The fraction of sp³-hybridized carbons (Fsp3) is 0.250. The van der Waals surface area contributed by atoms with Crippen LogP contribution in [0.25, 0.3) is 0 Å². The normalized spacial score (nSPS) is 10.9. The molecule has 0 atom stereocenters. The van der Waals surface area contributed by atoms with Gasteiger partial charge in [0, 0.05) is 13.0 Å².